The molecule has 0 rings (SSSR count). The van der Waals surface area contributed by atoms with Crippen molar-refractivity contribution in [2.75, 3.05) is 13.2 Å². The number of hydrogen-bond donors (Lipinski definition) is 0. The van der Waals surface area contributed by atoms with Crippen LogP contribution in [0.3, 0.4) is 0 Å². The summed E-state index contributed by atoms with van der Waals surface area (Å²) in [7, 11) is 0. The summed E-state index contributed by atoms with van der Waals surface area (Å²) in [6.45, 7) is -1.07. The van der Waals surface area contributed by atoms with Crippen LogP contribution in [0.1, 0.15) is 25.7 Å². The van der Waals surface area contributed by atoms with Crippen molar-refractivity contribution in [2.24, 2.45) is 0 Å². The molecule has 0 aliphatic carbocycles. The third-order valence-electron chi connectivity index (χ3n) is 1.38. The number of rotatable bonds is 7. The van der Waals surface area contributed by atoms with Crippen molar-refractivity contribution in [3.8, 4) is 0 Å². The molecule has 0 radical (unpaired) electrons. The third-order valence-corrected chi connectivity index (χ3v) is 1.38. The number of carbonyl (C=O) groups excluding carboxylic acids is 1. The van der Waals surface area contributed by atoms with Gasteiger partial charge in [0.15, 0.2) is 0 Å². The van der Waals surface area contributed by atoms with E-state index in [1.165, 1.54) is 0 Å². The van der Waals surface area contributed by atoms with Gasteiger partial charge >= 0.3 is 6.18 Å². The topological polar surface area (TPSA) is 26.3 Å². The van der Waals surface area contributed by atoms with Crippen molar-refractivity contribution in [1.82, 2.24) is 0 Å². The van der Waals surface area contributed by atoms with Gasteiger partial charge in [0.1, 0.15) is 12.9 Å². The van der Waals surface area contributed by atoms with Gasteiger partial charge in [0.2, 0.25) is 0 Å². The fourth-order valence-corrected chi connectivity index (χ4v) is 0.796. The fraction of sp³-hybridized carbons (Fsp3) is 0.875. The Hall–Kier alpha value is -0.580. The molecule has 0 atom stereocenters. The molecular formula is C8H13F3O2. The molecule has 0 aliphatic rings. The molecule has 0 amide bonds. The van der Waals surface area contributed by atoms with Gasteiger partial charge in [0.05, 0.1) is 0 Å². The zero-order valence-electron chi connectivity index (χ0n) is 7.27. The molecule has 0 fully saturated rings. The number of alkyl halides is 3. The second-order valence-electron chi connectivity index (χ2n) is 2.68. The average molecular weight is 198 g/mol. The van der Waals surface area contributed by atoms with Crippen LogP contribution >= 0.6 is 0 Å². The first kappa shape index (κ1) is 12.4. The third kappa shape index (κ3) is 11.4. The highest BCUT2D eigenvalue weighted by Gasteiger charge is 2.26. The van der Waals surface area contributed by atoms with Crippen LogP contribution in [-0.2, 0) is 9.53 Å². The molecule has 0 N–H and O–H groups in total. The van der Waals surface area contributed by atoms with Crippen molar-refractivity contribution < 1.29 is 22.7 Å². The van der Waals surface area contributed by atoms with Crippen molar-refractivity contribution in [3.63, 3.8) is 0 Å². The van der Waals surface area contributed by atoms with Crippen LogP contribution in [0.25, 0.3) is 0 Å². The minimum Gasteiger partial charge on any atom is -0.372 e. The van der Waals surface area contributed by atoms with E-state index in [2.05, 4.69) is 4.74 Å². The standard InChI is InChI=1S/C8H13F3O2/c9-8(10,11)7-13-6-4-2-1-3-5-12/h5H,1-4,6-7H2. The zero-order valence-corrected chi connectivity index (χ0v) is 7.27. The summed E-state index contributed by atoms with van der Waals surface area (Å²) < 4.78 is 38.9. The first-order valence-corrected chi connectivity index (χ1v) is 4.14. The van der Waals surface area contributed by atoms with E-state index in [1.807, 2.05) is 0 Å². The molecule has 0 aliphatic heterocycles. The quantitative estimate of drug-likeness (QED) is 0.463. The highest BCUT2D eigenvalue weighted by Crippen LogP contribution is 2.14. The number of hydrogen-bond acceptors (Lipinski definition) is 2. The van der Waals surface area contributed by atoms with Gasteiger partial charge in [-0.3, -0.25) is 0 Å². The maximum absolute atomic E-state index is 11.5. The summed E-state index contributed by atoms with van der Waals surface area (Å²) in [4.78, 5) is 9.85. The molecule has 0 aromatic rings. The summed E-state index contributed by atoms with van der Waals surface area (Å²) >= 11 is 0. The maximum Gasteiger partial charge on any atom is 0.411 e. The van der Waals surface area contributed by atoms with Gasteiger partial charge in [-0.2, -0.15) is 13.2 Å². The first-order chi connectivity index (χ1) is 6.06. The van der Waals surface area contributed by atoms with Crippen LogP contribution in [0.4, 0.5) is 13.2 Å². The maximum atomic E-state index is 11.5. The van der Waals surface area contributed by atoms with Crippen LogP contribution in [0.2, 0.25) is 0 Å². The van der Waals surface area contributed by atoms with Crippen molar-refractivity contribution in [2.45, 2.75) is 31.9 Å². The second-order valence-corrected chi connectivity index (χ2v) is 2.68. The monoisotopic (exact) mass is 198 g/mol. The predicted molar refractivity (Wildman–Crippen MR) is 41.4 cm³/mol. The summed E-state index contributed by atoms with van der Waals surface area (Å²) in [6.07, 6.45) is -0.933. The van der Waals surface area contributed by atoms with Crippen molar-refractivity contribution >= 4 is 6.29 Å². The van der Waals surface area contributed by atoms with Crippen LogP contribution in [0.15, 0.2) is 0 Å². The molecule has 0 heterocycles. The Labute approximate surface area is 75.1 Å². The van der Waals surface area contributed by atoms with E-state index in [0.717, 1.165) is 19.1 Å². The molecule has 78 valence electrons. The molecule has 0 saturated heterocycles. The molecule has 0 unspecified atom stereocenters. The molecule has 0 aromatic heterocycles. The van der Waals surface area contributed by atoms with Gasteiger partial charge in [-0.1, -0.05) is 6.42 Å². The Kier molecular flexibility index (Phi) is 6.58. The zero-order chi connectivity index (χ0) is 10.2. The number of unbranched alkanes of at least 4 members (excludes halogenated alkanes) is 3. The highest BCUT2D eigenvalue weighted by molar-refractivity contribution is 5.48. The predicted octanol–water partition coefficient (Wildman–Crippen LogP) is 2.32. The lowest BCUT2D eigenvalue weighted by Crippen LogP contribution is -2.17. The number of carbonyl (C=O) groups is 1. The fourth-order valence-electron chi connectivity index (χ4n) is 0.796. The van der Waals surface area contributed by atoms with E-state index in [9.17, 15) is 18.0 Å². The number of ether oxygens (including phenoxy) is 1. The lowest BCUT2D eigenvalue weighted by Gasteiger charge is -2.06. The molecule has 2 nitrogen and oxygen atoms in total. The molecule has 0 aromatic carbocycles. The lowest BCUT2D eigenvalue weighted by atomic mass is 10.2. The number of aldehydes is 1. The Balaban J connectivity index is 3.04. The SMILES string of the molecule is O=CCCCCCOCC(F)(F)F. The largest absolute Gasteiger partial charge is 0.411 e. The molecule has 13 heavy (non-hydrogen) atoms. The first-order valence-electron chi connectivity index (χ1n) is 4.14. The molecule has 0 bridgehead atoms. The van der Waals surface area contributed by atoms with E-state index in [0.29, 0.717) is 12.8 Å². The molecule has 5 heteroatoms. The Bertz CT molecular complexity index is 134. The van der Waals surface area contributed by atoms with Gasteiger partial charge in [0.25, 0.3) is 0 Å². The Morgan fingerprint density at radius 3 is 2.38 bits per heavy atom. The van der Waals surface area contributed by atoms with Gasteiger partial charge in [-0.15, -0.1) is 0 Å². The summed E-state index contributed by atoms with van der Waals surface area (Å²) in [6, 6.07) is 0. The van der Waals surface area contributed by atoms with Crippen LogP contribution in [-0.4, -0.2) is 25.7 Å². The van der Waals surface area contributed by atoms with E-state index in [-0.39, 0.29) is 6.61 Å². The van der Waals surface area contributed by atoms with Crippen LogP contribution < -0.4 is 0 Å². The van der Waals surface area contributed by atoms with Gasteiger partial charge in [-0.05, 0) is 12.8 Å². The molecule has 0 saturated carbocycles. The van der Waals surface area contributed by atoms with E-state index < -0.39 is 12.8 Å². The normalized spacial score (nSPS) is 11.6. The minimum absolute atomic E-state index is 0.109. The lowest BCUT2D eigenvalue weighted by molar-refractivity contribution is -0.174. The van der Waals surface area contributed by atoms with E-state index in [1.54, 1.807) is 0 Å². The van der Waals surface area contributed by atoms with Crippen LogP contribution in [0.5, 0.6) is 0 Å². The average Bonchev–Trinajstić information content (AvgIpc) is 2.01. The van der Waals surface area contributed by atoms with Crippen molar-refractivity contribution in [3.05, 3.63) is 0 Å². The van der Waals surface area contributed by atoms with E-state index >= 15 is 0 Å². The Morgan fingerprint density at radius 1 is 1.15 bits per heavy atom. The number of halogens is 3. The van der Waals surface area contributed by atoms with Gasteiger partial charge in [-0.25, -0.2) is 0 Å². The summed E-state index contributed by atoms with van der Waals surface area (Å²) in [5, 5.41) is 0. The smallest absolute Gasteiger partial charge is 0.372 e. The van der Waals surface area contributed by atoms with E-state index in [4.69, 9.17) is 0 Å². The van der Waals surface area contributed by atoms with Crippen molar-refractivity contribution in [1.29, 1.82) is 0 Å². The summed E-state index contributed by atoms with van der Waals surface area (Å²) in [5.74, 6) is 0. The Morgan fingerprint density at radius 2 is 1.85 bits per heavy atom. The molecule has 0 spiro atoms. The minimum atomic E-state index is -4.23. The summed E-state index contributed by atoms with van der Waals surface area (Å²) in [5.41, 5.74) is 0. The van der Waals surface area contributed by atoms with Gasteiger partial charge in [0, 0.05) is 13.0 Å². The molecular weight excluding hydrogens is 185 g/mol. The second kappa shape index (κ2) is 6.88. The highest BCUT2D eigenvalue weighted by atomic mass is 19.4. The van der Waals surface area contributed by atoms with Gasteiger partial charge < -0.3 is 9.53 Å². The van der Waals surface area contributed by atoms with Crippen LogP contribution in [0, 0.1) is 0 Å².